The quantitative estimate of drug-likeness (QED) is 0.675. The molecule has 1 amide bonds. The highest BCUT2D eigenvalue weighted by molar-refractivity contribution is 6.11. The number of aliphatic carboxylic acids is 1. The molecule has 162 valence electrons. The number of fused-ring (bicyclic) bond motifs is 2. The van der Waals surface area contributed by atoms with Crippen LogP contribution in [0.25, 0.3) is 0 Å². The van der Waals surface area contributed by atoms with E-state index in [1.807, 2.05) is 32.0 Å². The summed E-state index contributed by atoms with van der Waals surface area (Å²) in [6, 6.07) is 15.1. The van der Waals surface area contributed by atoms with Gasteiger partial charge in [0.25, 0.3) is 5.91 Å². The van der Waals surface area contributed by atoms with Crippen molar-refractivity contribution < 1.29 is 24.2 Å². The summed E-state index contributed by atoms with van der Waals surface area (Å²) in [5.74, 6) is -1.05. The van der Waals surface area contributed by atoms with Crippen molar-refractivity contribution >= 4 is 17.6 Å². The smallest absolute Gasteiger partial charge is 0.313 e. The number of rotatable bonds is 3. The second-order valence-corrected chi connectivity index (χ2v) is 8.03. The van der Waals surface area contributed by atoms with E-state index >= 15 is 0 Å². The molecule has 3 aromatic rings. The van der Waals surface area contributed by atoms with Gasteiger partial charge in [0.05, 0.1) is 6.04 Å². The Hall–Kier alpha value is -3.87. The van der Waals surface area contributed by atoms with E-state index in [1.54, 1.807) is 41.3 Å². The maximum Gasteiger partial charge on any atom is 0.313 e. The highest BCUT2D eigenvalue weighted by atomic mass is 16.6. The Balaban J connectivity index is 1.76. The molecule has 0 spiro atoms. The van der Waals surface area contributed by atoms with Gasteiger partial charge in [0, 0.05) is 22.6 Å². The zero-order chi connectivity index (χ0) is 22.4. The summed E-state index contributed by atoms with van der Waals surface area (Å²) in [6.07, 6.45) is 0. The number of amides is 1. The largest absolute Gasteiger partial charge is 0.486 e. The maximum absolute atomic E-state index is 13.7. The van der Waals surface area contributed by atoms with Gasteiger partial charge in [0.1, 0.15) is 19.1 Å². The van der Waals surface area contributed by atoms with Crippen LogP contribution in [0.3, 0.4) is 0 Å². The number of pyridine rings is 1. The lowest BCUT2D eigenvalue weighted by atomic mass is 9.79. The number of carbonyl (C=O) groups excluding carboxylic acids is 1. The van der Waals surface area contributed by atoms with E-state index in [4.69, 9.17) is 9.47 Å². The van der Waals surface area contributed by atoms with Gasteiger partial charge in [-0.2, -0.15) is 0 Å². The van der Waals surface area contributed by atoms with Gasteiger partial charge < -0.3 is 14.6 Å². The lowest BCUT2D eigenvalue weighted by Crippen LogP contribution is -2.45. The van der Waals surface area contributed by atoms with Crippen LogP contribution in [0.2, 0.25) is 0 Å². The Kier molecular flexibility index (Phi) is 4.81. The first-order chi connectivity index (χ1) is 15.4. The minimum Gasteiger partial charge on any atom is -0.486 e. The van der Waals surface area contributed by atoms with Crippen molar-refractivity contribution in [2.45, 2.75) is 25.8 Å². The fourth-order valence-electron chi connectivity index (χ4n) is 4.62. The van der Waals surface area contributed by atoms with Gasteiger partial charge in [-0.05, 0) is 55.3 Å². The van der Waals surface area contributed by atoms with Gasteiger partial charge in [-0.25, -0.2) is 0 Å². The molecular formula is C25H22N2O5. The van der Waals surface area contributed by atoms with Gasteiger partial charge in [0.2, 0.25) is 0 Å². The van der Waals surface area contributed by atoms with Crippen molar-refractivity contribution in [2.24, 2.45) is 0 Å². The van der Waals surface area contributed by atoms with E-state index in [9.17, 15) is 14.7 Å². The number of hydrogen-bond donors (Lipinski definition) is 1. The average molecular weight is 430 g/mol. The average Bonchev–Trinajstić information content (AvgIpc) is 2.77. The Labute approximate surface area is 185 Å². The van der Waals surface area contributed by atoms with Crippen LogP contribution in [0, 0.1) is 13.8 Å². The van der Waals surface area contributed by atoms with E-state index in [0.717, 1.165) is 11.4 Å². The lowest BCUT2D eigenvalue weighted by Gasteiger charge is -2.41. The number of anilines is 1. The predicted octanol–water partition coefficient (Wildman–Crippen LogP) is 4.04. The summed E-state index contributed by atoms with van der Waals surface area (Å²) in [7, 11) is 0. The molecule has 2 aliphatic heterocycles. The molecule has 5 rings (SSSR count). The summed E-state index contributed by atoms with van der Waals surface area (Å²) < 4.78 is 11.4. The third-order valence-corrected chi connectivity index (χ3v) is 5.86. The van der Waals surface area contributed by atoms with E-state index in [2.05, 4.69) is 4.98 Å². The number of carbonyl (C=O) groups is 2. The third kappa shape index (κ3) is 3.26. The first-order valence-electron chi connectivity index (χ1n) is 10.4. The van der Waals surface area contributed by atoms with Gasteiger partial charge >= 0.3 is 5.97 Å². The molecule has 0 saturated heterocycles. The minimum absolute atomic E-state index is 0.247. The first kappa shape index (κ1) is 20.1. The van der Waals surface area contributed by atoms with Crippen molar-refractivity contribution in [1.29, 1.82) is 0 Å². The van der Waals surface area contributed by atoms with E-state index in [0.29, 0.717) is 47.1 Å². The van der Waals surface area contributed by atoms with Crippen LogP contribution < -0.4 is 14.4 Å². The topological polar surface area (TPSA) is 89.0 Å². The summed E-state index contributed by atoms with van der Waals surface area (Å²) in [4.78, 5) is 32.3. The normalized spacial score (nSPS) is 19.4. The molecule has 2 atom stereocenters. The maximum atomic E-state index is 13.7. The Morgan fingerprint density at radius 1 is 1.00 bits per heavy atom. The molecule has 7 nitrogen and oxygen atoms in total. The molecule has 0 radical (unpaired) electrons. The highest BCUT2D eigenvalue weighted by Crippen LogP contribution is 2.47. The zero-order valence-electron chi connectivity index (χ0n) is 17.7. The molecule has 3 heterocycles. The number of hydrogen-bond acceptors (Lipinski definition) is 5. The highest BCUT2D eigenvalue weighted by Gasteiger charge is 2.45. The standard InChI is InChI=1S/C25H22N2O5/c1-14-11-17(12-15(2)26-14)27-23(16-7-8-20-21(13-16)32-10-9-31-20)22(25(29)30)18-5-3-4-6-19(18)24(27)28/h3-8,11-13,22-23H,9-10H2,1-2H3,(H,29,30)/t22-,23+/m1/s1. The monoisotopic (exact) mass is 430 g/mol. The molecule has 0 aliphatic carbocycles. The Morgan fingerprint density at radius 3 is 2.41 bits per heavy atom. The molecule has 1 aromatic heterocycles. The van der Waals surface area contributed by atoms with Crippen LogP contribution in [0.4, 0.5) is 5.69 Å². The molecule has 0 saturated carbocycles. The zero-order valence-corrected chi connectivity index (χ0v) is 17.7. The fourth-order valence-corrected chi connectivity index (χ4v) is 4.62. The number of aryl methyl sites for hydroxylation is 2. The van der Waals surface area contributed by atoms with Crippen molar-refractivity contribution in [1.82, 2.24) is 4.98 Å². The van der Waals surface area contributed by atoms with Crippen LogP contribution in [0.15, 0.2) is 54.6 Å². The number of benzene rings is 2. The number of ether oxygens (including phenoxy) is 2. The number of carboxylic acids is 1. The van der Waals surface area contributed by atoms with E-state index in [-0.39, 0.29) is 5.91 Å². The Bertz CT molecular complexity index is 1220. The first-order valence-corrected chi connectivity index (χ1v) is 10.4. The van der Waals surface area contributed by atoms with Crippen LogP contribution in [-0.2, 0) is 4.79 Å². The van der Waals surface area contributed by atoms with Crippen molar-refractivity contribution in [3.63, 3.8) is 0 Å². The molecule has 7 heteroatoms. The summed E-state index contributed by atoms with van der Waals surface area (Å²) in [5, 5.41) is 10.3. The number of carboxylic acid groups (broad SMARTS) is 1. The molecule has 2 aliphatic rings. The van der Waals surface area contributed by atoms with Crippen LogP contribution >= 0.6 is 0 Å². The number of aromatic nitrogens is 1. The molecule has 0 fully saturated rings. The van der Waals surface area contributed by atoms with Gasteiger partial charge in [-0.1, -0.05) is 24.3 Å². The summed E-state index contributed by atoms with van der Waals surface area (Å²) in [6.45, 7) is 4.58. The van der Waals surface area contributed by atoms with E-state index < -0.39 is 17.9 Å². The van der Waals surface area contributed by atoms with Crippen molar-refractivity contribution in [3.05, 3.63) is 82.7 Å². The number of nitrogens with zero attached hydrogens (tertiary/aromatic N) is 2. The van der Waals surface area contributed by atoms with Crippen LogP contribution in [-0.4, -0.2) is 35.2 Å². The second-order valence-electron chi connectivity index (χ2n) is 8.03. The van der Waals surface area contributed by atoms with Crippen LogP contribution in [0.1, 0.15) is 44.8 Å². The van der Waals surface area contributed by atoms with Gasteiger partial charge in [-0.3, -0.25) is 19.5 Å². The van der Waals surface area contributed by atoms with Gasteiger partial charge in [-0.15, -0.1) is 0 Å². The lowest BCUT2D eigenvalue weighted by molar-refractivity contribution is -0.139. The summed E-state index contributed by atoms with van der Waals surface area (Å²) >= 11 is 0. The molecule has 0 unspecified atom stereocenters. The summed E-state index contributed by atoms with van der Waals surface area (Å²) in [5.41, 5.74) is 3.67. The molecule has 32 heavy (non-hydrogen) atoms. The third-order valence-electron chi connectivity index (χ3n) is 5.86. The Morgan fingerprint density at radius 2 is 1.69 bits per heavy atom. The molecular weight excluding hydrogens is 408 g/mol. The SMILES string of the molecule is Cc1cc(N2C(=O)c3ccccc3[C@@H](C(=O)O)[C@@H]2c2ccc3c(c2)OCCO3)cc(C)n1. The predicted molar refractivity (Wildman–Crippen MR) is 118 cm³/mol. The van der Waals surface area contributed by atoms with Gasteiger partial charge in [0.15, 0.2) is 11.5 Å². The second kappa shape index (κ2) is 7.67. The van der Waals surface area contributed by atoms with Crippen molar-refractivity contribution in [3.8, 4) is 11.5 Å². The molecule has 2 aromatic carbocycles. The minimum atomic E-state index is -1.00. The fraction of sp³-hybridized carbons (Fsp3) is 0.240. The van der Waals surface area contributed by atoms with Crippen LogP contribution in [0.5, 0.6) is 11.5 Å². The van der Waals surface area contributed by atoms with E-state index in [1.165, 1.54) is 0 Å². The molecule has 0 bridgehead atoms. The molecule has 1 N–H and O–H groups in total. The van der Waals surface area contributed by atoms with Crippen molar-refractivity contribution in [2.75, 3.05) is 18.1 Å².